The number of hydrogen-bond acceptors (Lipinski definition) is 5. The molecule has 0 aliphatic rings. The molecule has 0 saturated carbocycles. The van der Waals surface area contributed by atoms with Crippen LogP contribution in [-0.2, 0) is 4.74 Å². The van der Waals surface area contributed by atoms with Gasteiger partial charge in [-0.3, -0.25) is 10.1 Å². The Kier molecular flexibility index (Phi) is 4.87. The van der Waals surface area contributed by atoms with Crippen LogP contribution in [0.25, 0.3) is 0 Å². The Labute approximate surface area is 126 Å². The van der Waals surface area contributed by atoms with Crippen molar-refractivity contribution in [3.63, 3.8) is 0 Å². The predicted octanol–water partition coefficient (Wildman–Crippen LogP) is 4.04. The lowest BCUT2D eigenvalue weighted by Crippen LogP contribution is -2.14. The van der Waals surface area contributed by atoms with Crippen molar-refractivity contribution in [3.8, 4) is 5.75 Å². The summed E-state index contributed by atoms with van der Waals surface area (Å²) >= 11 is 0. The topological polar surface area (TPSA) is 78.7 Å². The van der Waals surface area contributed by atoms with Crippen LogP contribution in [0.4, 0.5) is 10.5 Å². The molecule has 22 heavy (non-hydrogen) atoms. The van der Waals surface area contributed by atoms with Gasteiger partial charge in [-0.15, -0.1) is 0 Å². The molecule has 0 N–H and O–H groups in total. The Hall–Kier alpha value is -3.15. The van der Waals surface area contributed by atoms with Crippen molar-refractivity contribution >= 4 is 11.8 Å². The third kappa shape index (κ3) is 3.92. The summed E-state index contributed by atoms with van der Waals surface area (Å²) in [5.74, 6) is 0.159. The molecule has 0 aromatic heterocycles. The van der Waals surface area contributed by atoms with Gasteiger partial charge in [-0.05, 0) is 23.8 Å². The minimum Gasteiger partial charge on any atom is -0.422 e. The van der Waals surface area contributed by atoms with Gasteiger partial charge in [-0.25, -0.2) is 4.79 Å². The van der Waals surface area contributed by atoms with Gasteiger partial charge in [0.25, 0.3) is 5.69 Å². The third-order valence-corrected chi connectivity index (χ3v) is 2.81. The second kappa shape index (κ2) is 7.03. The first-order valence-corrected chi connectivity index (χ1v) is 6.40. The van der Waals surface area contributed by atoms with Gasteiger partial charge in [-0.1, -0.05) is 36.9 Å². The molecule has 2 aromatic rings. The van der Waals surface area contributed by atoms with Crippen molar-refractivity contribution in [2.45, 2.75) is 6.10 Å². The first-order chi connectivity index (χ1) is 10.6. The van der Waals surface area contributed by atoms with E-state index in [9.17, 15) is 14.9 Å². The van der Waals surface area contributed by atoms with Crippen LogP contribution >= 0.6 is 0 Å². The number of non-ortho nitro benzene ring substituents is 1. The molecule has 0 saturated heterocycles. The van der Waals surface area contributed by atoms with E-state index in [4.69, 9.17) is 9.47 Å². The van der Waals surface area contributed by atoms with Crippen LogP contribution in [0.1, 0.15) is 11.7 Å². The van der Waals surface area contributed by atoms with Crippen molar-refractivity contribution in [1.82, 2.24) is 0 Å². The van der Waals surface area contributed by atoms with Crippen molar-refractivity contribution in [3.05, 3.63) is 82.9 Å². The van der Waals surface area contributed by atoms with Crippen LogP contribution in [0.5, 0.6) is 5.75 Å². The first kappa shape index (κ1) is 15.2. The Morgan fingerprint density at radius 1 is 1.14 bits per heavy atom. The summed E-state index contributed by atoms with van der Waals surface area (Å²) < 4.78 is 10.1. The summed E-state index contributed by atoms with van der Waals surface area (Å²) in [6, 6.07) is 14.2. The molecule has 0 aliphatic heterocycles. The highest BCUT2D eigenvalue weighted by Gasteiger charge is 2.15. The van der Waals surface area contributed by atoms with Gasteiger partial charge in [0, 0.05) is 12.1 Å². The van der Waals surface area contributed by atoms with Crippen molar-refractivity contribution in [1.29, 1.82) is 0 Å². The van der Waals surface area contributed by atoms with Gasteiger partial charge in [-0.2, -0.15) is 0 Å². The molecular formula is C16H13NO5. The molecular weight excluding hydrogens is 286 g/mol. The fourth-order valence-corrected chi connectivity index (χ4v) is 1.75. The molecule has 6 heteroatoms. The van der Waals surface area contributed by atoms with E-state index in [0.29, 0.717) is 0 Å². The maximum atomic E-state index is 11.7. The molecule has 0 unspecified atom stereocenters. The smallest absolute Gasteiger partial charge is 0.422 e. The van der Waals surface area contributed by atoms with Crippen LogP contribution in [-0.4, -0.2) is 11.1 Å². The zero-order valence-corrected chi connectivity index (χ0v) is 11.5. The minimum atomic E-state index is -0.914. The Balaban J connectivity index is 2.00. The van der Waals surface area contributed by atoms with Crippen molar-refractivity contribution in [2.75, 3.05) is 0 Å². The first-order valence-electron chi connectivity index (χ1n) is 6.40. The Morgan fingerprint density at radius 3 is 2.32 bits per heavy atom. The predicted molar refractivity (Wildman–Crippen MR) is 79.6 cm³/mol. The number of hydrogen-bond donors (Lipinski definition) is 0. The number of carbonyl (C=O) groups excluding carboxylic acids is 1. The molecule has 0 amide bonds. The van der Waals surface area contributed by atoms with Crippen LogP contribution in [0, 0.1) is 10.1 Å². The summed E-state index contributed by atoms with van der Waals surface area (Å²) in [5, 5.41) is 10.5. The number of benzene rings is 2. The molecule has 6 nitrogen and oxygen atoms in total. The van der Waals surface area contributed by atoms with Crippen LogP contribution in [0.15, 0.2) is 67.3 Å². The Morgan fingerprint density at radius 2 is 1.77 bits per heavy atom. The van der Waals surface area contributed by atoms with Crippen LogP contribution < -0.4 is 4.74 Å². The van der Waals surface area contributed by atoms with Crippen LogP contribution in [0.2, 0.25) is 0 Å². The lowest BCUT2D eigenvalue weighted by atomic mass is 10.1. The van der Waals surface area contributed by atoms with Gasteiger partial charge >= 0.3 is 6.16 Å². The standard InChI is InChI=1S/C16H13NO5/c1-2-15(12-6-4-3-5-7-12)22-16(18)21-14-10-8-13(9-11-14)17(19)20/h2-11,15H,1H2/t15-/m1/s1. The van der Waals surface area contributed by atoms with E-state index in [2.05, 4.69) is 6.58 Å². The molecule has 0 aliphatic carbocycles. The normalized spacial score (nSPS) is 11.3. The number of rotatable bonds is 5. The van der Waals surface area contributed by atoms with Crippen molar-refractivity contribution < 1.29 is 19.2 Å². The van der Waals surface area contributed by atoms with E-state index in [1.54, 1.807) is 12.1 Å². The van der Waals surface area contributed by atoms with Gasteiger partial charge < -0.3 is 9.47 Å². The zero-order chi connectivity index (χ0) is 15.9. The van der Waals surface area contributed by atoms with E-state index in [1.807, 2.05) is 18.2 Å². The van der Waals surface area contributed by atoms with Gasteiger partial charge in [0.2, 0.25) is 0 Å². The lowest BCUT2D eigenvalue weighted by molar-refractivity contribution is -0.384. The summed E-state index contributed by atoms with van der Waals surface area (Å²) in [4.78, 5) is 21.7. The zero-order valence-electron chi connectivity index (χ0n) is 11.5. The quantitative estimate of drug-likeness (QED) is 0.274. The summed E-state index contributed by atoms with van der Waals surface area (Å²) in [7, 11) is 0. The fraction of sp³-hybridized carbons (Fsp3) is 0.0625. The molecule has 0 bridgehead atoms. The summed E-state index contributed by atoms with van der Waals surface area (Å²) in [6.07, 6.45) is -0.0683. The van der Waals surface area contributed by atoms with E-state index in [1.165, 1.54) is 30.3 Å². The number of ether oxygens (including phenoxy) is 2. The largest absolute Gasteiger partial charge is 0.514 e. The van der Waals surface area contributed by atoms with Crippen molar-refractivity contribution in [2.24, 2.45) is 0 Å². The molecule has 112 valence electrons. The van der Waals surface area contributed by atoms with Gasteiger partial charge in [0.15, 0.2) is 0 Å². The maximum absolute atomic E-state index is 11.7. The molecule has 2 aromatic carbocycles. The number of nitro benzene ring substituents is 1. The number of nitro groups is 1. The number of carbonyl (C=O) groups is 1. The second-order valence-electron chi connectivity index (χ2n) is 4.29. The summed E-state index contributed by atoms with van der Waals surface area (Å²) in [5.41, 5.74) is 0.673. The van der Waals surface area contributed by atoms with Gasteiger partial charge in [0.1, 0.15) is 11.9 Å². The number of nitrogens with zero attached hydrogens (tertiary/aromatic N) is 1. The molecule has 1 atom stereocenters. The highest BCUT2D eigenvalue weighted by atomic mass is 16.7. The van der Waals surface area contributed by atoms with E-state index in [0.717, 1.165) is 5.56 Å². The van der Waals surface area contributed by atoms with E-state index in [-0.39, 0.29) is 11.4 Å². The minimum absolute atomic E-state index is 0.0889. The fourth-order valence-electron chi connectivity index (χ4n) is 1.75. The molecule has 2 rings (SSSR count). The molecule has 0 spiro atoms. The molecule has 0 radical (unpaired) electrons. The Bertz CT molecular complexity index is 667. The lowest BCUT2D eigenvalue weighted by Gasteiger charge is -2.14. The monoisotopic (exact) mass is 299 g/mol. The highest BCUT2D eigenvalue weighted by Crippen LogP contribution is 2.21. The maximum Gasteiger partial charge on any atom is 0.514 e. The third-order valence-electron chi connectivity index (χ3n) is 2.81. The molecule has 0 heterocycles. The van der Waals surface area contributed by atoms with Gasteiger partial charge in [0.05, 0.1) is 4.92 Å². The molecule has 0 fully saturated rings. The average molecular weight is 299 g/mol. The second-order valence-corrected chi connectivity index (χ2v) is 4.29. The van der Waals surface area contributed by atoms with Crippen LogP contribution in [0.3, 0.4) is 0 Å². The SMILES string of the molecule is C=C[C@@H](OC(=O)Oc1ccc([N+](=O)[O-])cc1)c1ccccc1. The van der Waals surface area contributed by atoms with E-state index >= 15 is 0 Å². The van der Waals surface area contributed by atoms with E-state index < -0.39 is 17.2 Å². The average Bonchev–Trinajstić information content (AvgIpc) is 2.54. The highest BCUT2D eigenvalue weighted by molar-refractivity contribution is 5.64. The summed E-state index contributed by atoms with van der Waals surface area (Å²) in [6.45, 7) is 3.62.